The van der Waals surface area contributed by atoms with Gasteiger partial charge in [0, 0.05) is 6.54 Å². The van der Waals surface area contributed by atoms with E-state index in [9.17, 15) is 9.59 Å². The van der Waals surface area contributed by atoms with E-state index in [0.29, 0.717) is 46.0 Å². The van der Waals surface area contributed by atoms with Crippen LogP contribution in [0.2, 0.25) is 0 Å². The highest BCUT2D eigenvalue weighted by molar-refractivity contribution is 5.89. The second-order valence-corrected chi connectivity index (χ2v) is 6.31. The van der Waals surface area contributed by atoms with E-state index < -0.39 is 17.9 Å². The number of hydrogen-bond acceptors (Lipinski definition) is 8. The molecule has 1 aliphatic heterocycles. The first-order valence-corrected chi connectivity index (χ1v) is 9.05. The fraction of sp³-hybridized carbons (Fsp3) is 0.882. The molecule has 5 N–H and O–H groups in total. The molecule has 27 heavy (non-hydrogen) atoms. The van der Waals surface area contributed by atoms with Gasteiger partial charge in [-0.05, 0) is 33.1 Å². The molecule has 1 heterocycles. The Kier molecular flexibility index (Phi) is 14.0. The second kappa shape index (κ2) is 14.7. The highest BCUT2D eigenvalue weighted by atomic mass is 16.5. The molecule has 160 valence electrons. The Morgan fingerprint density at radius 1 is 1.11 bits per heavy atom. The van der Waals surface area contributed by atoms with Crippen LogP contribution in [-0.4, -0.2) is 96.7 Å². The third kappa shape index (κ3) is 11.2. The van der Waals surface area contributed by atoms with Crippen molar-refractivity contribution in [3.8, 4) is 0 Å². The van der Waals surface area contributed by atoms with Crippen molar-refractivity contribution in [1.29, 1.82) is 0 Å². The maximum Gasteiger partial charge on any atom is 0.408 e. The molecule has 1 rings (SSSR count). The van der Waals surface area contributed by atoms with Crippen molar-refractivity contribution < 1.29 is 39.1 Å². The topological polar surface area (TPSA) is 152 Å². The Labute approximate surface area is 160 Å². The molecule has 10 nitrogen and oxygen atoms in total. The molecule has 1 saturated heterocycles. The smallest absolute Gasteiger partial charge is 0.408 e. The van der Waals surface area contributed by atoms with E-state index in [-0.39, 0.29) is 19.0 Å². The lowest BCUT2D eigenvalue weighted by molar-refractivity contribution is -0.128. The van der Waals surface area contributed by atoms with Crippen LogP contribution < -0.4 is 5.73 Å². The molecule has 2 atom stereocenters. The number of ether oxygens (including phenoxy) is 3. The summed E-state index contributed by atoms with van der Waals surface area (Å²) < 4.78 is 15.0. The van der Waals surface area contributed by atoms with Gasteiger partial charge in [-0.1, -0.05) is 0 Å². The minimum atomic E-state index is -0.989. The predicted octanol–water partition coefficient (Wildman–Crippen LogP) is -0.196. The quantitative estimate of drug-likeness (QED) is 0.276. The van der Waals surface area contributed by atoms with E-state index in [4.69, 9.17) is 35.3 Å². The zero-order chi connectivity index (χ0) is 20.7. The molecule has 0 aromatic heterocycles. The summed E-state index contributed by atoms with van der Waals surface area (Å²) in [6.07, 6.45) is 0.518. The minimum Gasteiger partial charge on any atom is -0.465 e. The standard InChI is InChI=1S/C9H15NO3.C8H19NO5/c1-7(11)9(2)5-3-4-6-10(9)8(12)13;9-8(11)7-14-6-5-13-4-3-12-2-1-10/h3-6H2,1-2H3,(H,12,13);8,10-11H,1-7,9H2. The number of amides is 1. The summed E-state index contributed by atoms with van der Waals surface area (Å²) in [4.78, 5) is 23.4. The van der Waals surface area contributed by atoms with Gasteiger partial charge in [-0.2, -0.15) is 0 Å². The number of nitrogens with zero attached hydrogens (tertiary/aromatic N) is 1. The molecule has 0 aromatic carbocycles. The zero-order valence-corrected chi connectivity index (χ0v) is 16.3. The van der Waals surface area contributed by atoms with E-state index in [0.717, 1.165) is 12.8 Å². The number of carbonyl (C=O) groups excluding carboxylic acids is 1. The van der Waals surface area contributed by atoms with Gasteiger partial charge in [0.15, 0.2) is 5.78 Å². The molecule has 0 aromatic rings. The number of carbonyl (C=O) groups is 2. The first-order valence-electron chi connectivity index (χ1n) is 9.05. The lowest BCUT2D eigenvalue weighted by Gasteiger charge is -2.41. The minimum absolute atomic E-state index is 0.0253. The van der Waals surface area contributed by atoms with E-state index in [2.05, 4.69) is 0 Å². The predicted molar refractivity (Wildman–Crippen MR) is 97.4 cm³/mol. The molecule has 1 fully saturated rings. The molecule has 0 bridgehead atoms. The van der Waals surface area contributed by atoms with Gasteiger partial charge in [0.25, 0.3) is 0 Å². The third-order valence-electron chi connectivity index (χ3n) is 4.15. The van der Waals surface area contributed by atoms with Crippen LogP contribution in [-0.2, 0) is 19.0 Å². The monoisotopic (exact) mass is 394 g/mol. The van der Waals surface area contributed by atoms with Crippen LogP contribution in [0.1, 0.15) is 33.1 Å². The summed E-state index contributed by atoms with van der Waals surface area (Å²) in [5.41, 5.74) is 4.25. The number of Topliss-reactive ketones (excluding diaryl/α,β-unsaturated/α-hetero) is 1. The summed E-state index contributed by atoms with van der Waals surface area (Å²) >= 11 is 0. The molecule has 10 heteroatoms. The second-order valence-electron chi connectivity index (χ2n) is 6.31. The van der Waals surface area contributed by atoms with Gasteiger partial charge in [0.2, 0.25) is 0 Å². The fourth-order valence-corrected chi connectivity index (χ4v) is 2.50. The van der Waals surface area contributed by atoms with Gasteiger partial charge in [-0.25, -0.2) is 4.79 Å². The van der Waals surface area contributed by atoms with Gasteiger partial charge in [0.05, 0.1) is 46.2 Å². The molecule has 0 radical (unpaired) electrons. The van der Waals surface area contributed by atoms with E-state index in [1.807, 2.05) is 0 Å². The van der Waals surface area contributed by atoms with Gasteiger partial charge >= 0.3 is 6.09 Å². The van der Waals surface area contributed by atoms with Crippen LogP contribution in [0.4, 0.5) is 4.79 Å². The number of rotatable bonds is 11. The molecular formula is C17H34N2O8. The first-order chi connectivity index (χ1) is 12.8. The van der Waals surface area contributed by atoms with Crippen molar-refractivity contribution in [2.45, 2.75) is 44.9 Å². The van der Waals surface area contributed by atoms with Gasteiger partial charge in [-0.15, -0.1) is 0 Å². The van der Waals surface area contributed by atoms with Crippen molar-refractivity contribution in [2.24, 2.45) is 5.73 Å². The van der Waals surface area contributed by atoms with Crippen molar-refractivity contribution in [3.05, 3.63) is 0 Å². The molecule has 1 aliphatic rings. The van der Waals surface area contributed by atoms with E-state index in [1.165, 1.54) is 11.8 Å². The summed E-state index contributed by atoms with van der Waals surface area (Å²) in [7, 11) is 0. The average Bonchev–Trinajstić information content (AvgIpc) is 2.60. The first kappa shape index (κ1) is 25.7. The Hall–Kier alpha value is -1.30. The van der Waals surface area contributed by atoms with Gasteiger partial charge in [-0.3, -0.25) is 9.69 Å². The van der Waals surface area contributed by atoms with Crippen molar-refractivity contribution in [3.63, 3.8) is 0 Å². The highest BCUT2D eigenvalue weighted by Gasteiger charge is 2.41. The normalized spacial score (nSPS) is 20.6. The van der Waals surface area contributed by atoms with Crippen LogP contribution in [0.3, 0.4) is 0 Å². The third-order valence-corrected chi connectivity index (χ3v) is 4.15. The van der Waals surface area contributed by atoms with Gasteiger partial charge in [0.1, 0.15) is 11.8 Å². The van der Waals surface area contributed by atoms with Crippen LogP contribution in [0.15, 0.2) is 0 Å². The van der Waals surface area contributed by atoms with Crippen molar-refractivity contribution in [2.75, 3.05) is 52.8 Å². The summed E-state index contributed by atoms with van der Waals surface area (Å²) in [5, 5.41) is 25.9. The highest BCUT2D eigenvalue weighted by Crippen LogP contribution is 2.28. The Morgan fingerprint density at radius 3 is 2.11 bits per heavy atom. The molecule has 1 amide bonds. The largest absolute Gasteiger partial charge is 0.465 e. The van der Waals surface area contributed by atoms with E-state index >= 15 is 0 Å². The Balaban J connectivity index is 0.000000501. The molecule has 2 unspecified atom stereocenters. The maximum absolute atomic E-state index is 11.3. The van der Waals surface area contributed by atoms with Crippen LogP contribution >= 0.6 is 0 Å². The van der Waals surface area contributed by atoms with Gasteiger partial charge < -0.3 is 35.3 Å². The summed E-state index contributed by atoms with van der Waals surface area (Å²) in [5.74, 6) is -0.0606. The number of aliphatic hydroxyl groups is 2. The number of carboxylic acid groups (broad SMARTS) is 1. The Bertz CT molecular complexity index is 422. The maximum atomic E-state index is 11.3. The SMILES string of the molecule is CC(=O)C1(C)CCCCN1C(=O)O.NC(O)COCCOCCOCCO. The van der Waals surface area contributed by atoms with Crippen molar-refractivity contribution in [1.82, 2.24) is 4.90 Å². The summed E-state index contributed by atoms with van der Waals surface area (Å²) in [6, 6.07) is 0. The Morgan fingerprint density at radius 2 is 1.67 bits per heavy atom. The van der Waals surface area contributed by atoms with E-state index in [1.54, 1.807) is 6.92 Å². The van der Waals surface area contributed by atoms with Crippen LogP contribution in [0.25, 0.3) is 0 Å². The number of nitrogens with two attached hydrogens (primary N) is 1. The zero-order valence-electron chi connectivity index (χ0n) is 16.3. The van der Waals surface area contributed by atoms with Crippen LogP contribution in [0.5, 0.6) is 0 Å². The number of aliphatic hydroxyl groups excluding tert-OH is 2. The lowest BCUT2D eigenvalue weighted by Crippen LogP contribution is -2.56. The molecular weight excluding hydrogens is 360 g/mol. The average molecular weight is 394 g/mol. The van der Waals surface area contributed by atoms with Crippen molar-refractivity contribution >= 4 is 11.9 Å². The molecule has 0 spiro atoms. The lowest BCUT2D eigenvalue weighted by atomic mass is 9.85. The summed E-state index contributed by atoms with van der Waals surface area (Å²) in [6.45, 7) is 5.88. The molecule has 0 aliphatic carbocycles. The number of piperidine rings is 1. The number of ketones is 1. The number of hydrogen-bond donors (Lipinski definition) is 4. The number of likely N-dealkylation sites (tertiary alicyclic amines) is 1. The molecule has 0 saturated carbocycles. The van der Waals surface area contributed by atoms with Crippen LogP contribution in [0, 0.1) is 0 Å². The fourth-order valence-electron chi connectivity index (χ4n) is 2.50.